The highest BCUT2D eigenvalue weighted by molar-refractivity contribution is 6.04. The van der Waals surface area contributed by atoms with Crippen molar-refractivity contribution in [2.75, 3.05) is 13.7 Å². The van der Waals surface area contributed by atoms with Crippen molar-refractivity contribution in [3.8, 4) is 17.1 Å². The predicted molar refractivity (Wildman–Crippen MR) is 86.3 cm³/mol. The number of amides is 3. The largest absolute Gasteiger partial charge is 0.497 e. The van der Waals surface area contributed by atoms with Crippen LogP contribution in [0.15, 0.2) is 34.9 Å². The lowest BCUT2D eigenvalue weighted by molar-refractivity contribution is -0.142. The smallest absolute Gasteiger partial charge is 0.240 e. The fourth-order valence-electron chi connectivity index (χ4n) is 2.50. The lowest BCUT2D eigenvalue weighted by Gasteiger charge is -2.12. The summed E-state index contributed by atoms with van der Waals surface area (Å²) in [5.74, 6) is 0.190. The van der Waals surface area contributed by atoms with Gasteiger partial charge in [0.15, 0.2) is 5.76 Å². The summed E-state index contributed by atoms with van der Waals surface area (Å²) in [6.45, 7) is -0.124. The van der Waals surface area contributed by atoms with Gasteiger partial charge in [0.1, 0.15) is 18.0 Å². The Kier molecular flexibility index (Phi) is 4.78. The lowest BCUT2D eigenvalue weighted by atomic mass is 10.1. The molecule has 3 amide bonds. The van der Waals surface area contributed by atoms with E-state index in [4.69, 9.17) is 9.26 Å². The SMILES string of the molecule is COc1cccc(-c2cc(CNC(=O)CN3C(=O)CCC3=O)no2)c1. The van der Waals surface area contributed by atoms with Crippen LogP contribution in [0.1, 0.15) is 18.5 Å². The highest BCUT2D eigenvalue weighted by Gasteiger charge is 2.30. The fraction of sp³-hybridized carbons (Fsp3) is 0.294. The number of rotatable bonds is 6. The number of hydrogen-bond acceptors (Lipinski definition) is 6. The Morgan fingerprint density at radius 1 is 1.28 bits per heavy atom. The summed E-state index contributed by atoms with van der Waals surface area (Å²) >= 11 is 0. The molecule has 1 N–H and O–H groups in total. The van der Waals surface area contributed by atoms with Crippen LogP contribution in [-0.4, -0.2) is 41.4 Å². The minimum atomic E-state index is -0.422. The molecule has 1 fully saturated rings. The van der Waals surface area contributed by atoms with Gasteiger partial charge in [-0.05, 0) is 12.1 Å². The molecule has 2 heterocycles. The highest BCUT2D eigenvalue weighted by Crippen LogP contribution is 2.24. The number of nitrogens with zero attached hydrogens (tertiary/aromatic N) is 2. The quantitative estimate of drug-likeness (QED) is 0.789. The van der Waals surface area contributed by atoms with Crippen LogP contribution in [0.3, 0.4) is 0 Å². The number of methoxy groups -OCH3 is 1. The number of carbonyl (C=O) groups excluding carboxylic acids is 3. The van der Waals surface area contributed by atoms with Crippen LogP contribution in [0, 0.1) is 0 Å². The molecular formula is C17H17N3O5. The third-order valence-electron chi connectivity index (χ3n) is 3.84. The molecule has 1 aliphatic rings. The third kappa shape index (κ3) is 3.85. The first-order valence-corrected chi connectivity index (χ1v) is 7.76. The molecule has 0 unspecified atom stereocenters. The Balaban J connectivity index is 1.57. The minimum absolute atomic E-state index is 0.141. The Labute approximate surface area is 143 Å². The normalized spacial score (nSPS) is 14.0. The zero-order valence-electron chi connectivity index (χ0n) is 13.7. The van der Waals surface area contributed by atoms with Gasteiger partial charge in [-0.2, -0.15) is 0 Å². The molecule has 0 atom stereocenters. The van der Waals surface area contributed by atoms with E-state index in [0.29, 0.717) is 17.2 Å². The molecule has 0 bridgehead atoms. The first kappa shape index (κ1) is 16.7. The van der Waals surface area contributed by atoms with E-state index in [0.717, 1.165) is 10.5 Å². The molecular weight excluding hydrogens is 326 g/mol. The van der Waals surface area contributed by atoms with Crippen LogP contribution in [-0.2, 0) is 20.9 Å². The molecule has 1 aliphatic heterocycles. The zero-order chi connectivity index (χ0) is 17.8. The van der Waals surface area contributed by atoms with Gasteiger partial charge in [-0.25, -0.2) is 0 Å². The zero-order valence-corrected chi connectivity index (χ0v) is 13.7. The summed E-state index contributed by atoms with van der Waals surface area (Å²) in [7, 11) is 1.58. The van der Waals surface area contributed by atoms with Crippen molar-refractivity contribution in [2.24, 2.45) is 0 Å². The summed E-state index contributed by atoms with van der Waals surface area (Å²) in [4.78, 5) is 35.9. The van der Waals surface area contributed by atoms with E-state index in [9.17, 15) is 14.4 Å². The van der Waals surface area contributed by atoms with Crippen LogP contribution < -0.4 is 10.1 Å². The summed E-state index contributed by atoms with van der Waals surface area (Å²) in [6, 6.07) is 9.04. The number of aromatic nitrogens is 1. The topological polar surface area (TPSA) is 102 Å². The van der Waals surface area contributed by atoms with Gasteiger partial charge >= 0.3 is 0 Å². The van der Waals surface area contributed by atoms with Gasteiger partial charge in [-0.15, -0.1) is 0 Å². The van der Waals surface area contributed by atoms with Gasteiger partial charge in [0.05, 0.1) is 13.7 Å². The maximum atomic E-state index is 11.9. The first-order chi connectivity index (χ1) is 12.1. The van der Waals surface area contributed by atoms with Crippen LogP contribution >= 0.6 is 0 Å². The molecule has 3 rings (SSSR count). The molecule has 25 heavy (non-hydrogen) atoms. The molecule has 8 heteroatoms. The average Bonchev–Trinajstić information content (AvgIpc) is 3.22. The van der Waals surface area contributed by atoms with Gasteiger partial charge in [0, 0.05) is 24.5 Å². The van der Waals surface area contributed by atoms with E-state index in [1.54, 1.807) is 13.2 Å². The predicted octanol–water partition coefficient (Wildman–Crippen LogP) is 1.12. The van der Waals surface area contributed by atoms with Crippen LogP contribution in [0.4, 0.5) is 0 Å². The van der Waals surface area contributed by atoms with E-state index in [2.05, 4.69) is 10.5 Å². The van der Waals surface area contributed by atoms with Crippen LogP contribution in [0.25, 0.3) is 11.3 Å². The number of imide groups is 1. The number of nitrogens with one attached hydrogen (secondary N) is 1. The van der Waals surface area contributed by atoms with Gasteiger partial charge in [-0.3, -0.25) is 19.3 Å². The number of benzene rings is 1. The Morgan fingerprint density at radius 2 is 2.04 bits per heavy atom. The van der Waals surface area contributed by atoms with Crippen molar-refractivity contribution in [3.05, 3.63) is 36.0 Å². The molecule has 0 radical (unpaired) electrons. The van der Waals surface area contributed by atoms with Gasteiger partial charge in [-0.1, -0.05) is 17.3 Å². The molecule has 130 valence electrons. The second-order valence-corrected chi connectivity index (χ2v) is 5.56. The van der Waals surface area contributed by atoms with E-state index < -0.39 is 5.91 Å². The number of likely N-dealkylation sites (tertiary alicyclic amines) is 1. The number of hydrogen-bond donors (Lipinski definition) is 1. The summed E-state index contributed by atoms with van der Waals surface area (Å²) in [5, 5.41) is 6.53. The Hall–Kier alpha value is -3.16. The van der Waals surface area contributed by atoms with Crippen molar-refractivity contribution < 1.29 is 23.6 Å². The second-order valence-electron chi connectivity index (χ2n) is 5.56. The van der Waals surface area contributed by atoms with Crippen molar-refractivity contribution in [1.29, 1.82) is 0 Å². The molecule has 0 spiro atoms. The van der Waals surface area contributed by atoms with Gasteiger partial charge in [0.2, 0.25) is 17.7 Å². The van der Waals surface area contributed by atoms with E-state index in [-0.39, 0.29) is 37.7 Å². The van der Waals surface area contributed by atoms with Crippen molar-refractivity contribution >= 4 is 17.7 Å². The standard InChI is InChI=1S/C17H17N3O5/c1-24-13-4-2-3-11(7-13)14-8-12(19-25-14)9-18-15(21)10-20-16(22)5-6-17(20)23/h2-4,7-8H,5-6,9-10H2,1H3,(H,18,21). The van der Waals surface area contributed by atoms with E-state index in [1.165, 1.54) is 0 Å². The van der Waals surface area contributed by atoms with Crippen LogP contribution in [0.5, 0.6) is 5.75 Å². The minimum Gasteiger partial charge on any atom is -0.497 e. The molecule has 1 aromatic heterocycles. The molecule has 8 nitrogen and oxygen atoms in total. The second kappa shape index (κ2) is 7.16. The molecule has 0 saturated carbocycles. The molecule has 1 saturated heterocycles. The van der Waals surface area contributed by atoms with Crippen molar-refractivity contribution in [1.82, 2.24) is 15.4 Å². The first-order valence-electron chi connectivity index (χ1n) is 7.76. The maximum absolute atomic E-state index is 11.9. The summed E-state index contributed by atoms with van der Waals surface area (Å²) < 4.78 is 10.4. The molecule has 0 aliphatic carbocycles. The van der Waals surface area contributed by atoms with Crippen molar-refractivity contribution in [3.63, 3.8) is 0 Å². The number of ether oxygens (including phenoxy) is 1. The van der Waals surface area contributed by atoms with Gasteiger partial charge < -0.3 is 14.6 Å². The van der Waals surface area contributed by atoms with Crippen molar-refractivity contribution in [2.45, 2.75) is 19.4 Å². The molecule has 2 aromatic rings. The van der Waals surface area contributed by atoms with Crippen LogP contribution in [0.2, 0.25) is 0 Å². The third-order valence-corrected chi connectivity index (χ3v) is 3.84. The number of carbonyl (C=O) groups is 3. The fourth-order valence-corrected chi connectivity index (χ4v) is 2.50. The highest BCUT2D eigenvalue weighted by atomic mass is 16.5. The molecule has 1 aromatic carbocycles. The van der Waals surface area contributed by atoms with E-state index >= 15 is 0 Å². The Morgan fingerprint density at radius 3 is 2.76 bits per heavy atom. The van der Waals surface area contributed by atoms with Gasteiger partial charge in [0.25, 0.3) is 0 Å². The average molecular weight is 343 g/mol. The summed E-state index contributed by atoms with van der Waals surface area (Å²) in [5.41, 5.74) is 1.34. The lowest BCUT2D eigenvalue weighted by Crippen LogP contribution is -2.39. The monoisotopic (exact) mass is 343 g/mol. The Bertz CT molecular complexity index is 798. The maximum Gasteiger partial charge on any atom is 0.240 e. The summed E-state index contributed by atoms with van der Waals surface area (Å²) in [6.07, 6.45) is 0.332. The van der Waals surface area contributed by atoms with E-state index in [1.807, 2.05) is 24.3 Å².